The first kappa shape index (κ1) is 17.4. The number of methoxy groups -OCH3 is 1. The number of carbonyl (C=O) groups excluding carboxylic acids is 1. The average Bonchev–Trinajstić information content (AvgIpc) is 2.45. The van der Waals surface area contributed by atoms with E-state index in [1.54, 1.807) is 11.0 Å². The SMILES string of the molecule is CCCN(CC(C)(C)CN)C(=O)c1ccc(OC)cc1F. The average molecular weight is 296 g/mol. The van der Waals surface area contributed by atoms with Gasteiger partial charge < -0.3 is 15.4 Å². The molecular weight excluding hydrogens is 271 g/mol. The molecule has 4 nitrogen and oxygen atoms in total. The fourth-order valence-corrected chi connectivity index (χ4v) is 2.07. The van der Waals surface area contributed by atoms with Crippen LogP contribution < -0.4 is 10.5 Å². The second-order valence-electron chi connectivity index (χ2n) is 5.94. The first-order valence-electron chi connectivity index (χ1n) is 7.17. The highest BCUT2D eigenvalue weighted by molar-refractivity contribution is 5.94. The second kappa shape index (κ2) is 7.41. The Bertz CT molecular complexity index is 489. The lowest BCUT2D eigenvalue weighted by molar-refractivity contribution is 0.0684. The van der Waals surface area contributed by atoms with Gasteiger partial charge in [0.15, 0.2) is 0 Å². The number of hydrogen-bond acceptors (Lipinski definition) is 3. The predicted octanol–water partition coefficient (Wildman–Crippen LogP) is 2.67. The number of amides is 1. The van der Waals surface area contributed by atoms with Crippen molar-refractivity contribution in [3.8, 4) is 5.75 Å². The number of ether oxygens (including phenoxy) is 1. The van der Waals surface area contributed by atoms with E-state index < -0.39 is 5.82 Å². The van der Waals surface area contributed by atoms with E-state index in [-0.39, 0.29) is 16.9 Å². The van der Waals surface area contributed by atoms with Crippen LogP contribution in [0.2, 0.25) is 0 Å². The van der Waals surface area contributed by atoms with E-state index in [2.05, 4.69) is 0 Å². The van der Waals surface area contributed by atoms with Crippen LogP contribution in [0.1, 0.15) is 37.6 Å². The number of carbonyl (C=O) groups is 1. The Morgan fingerprint density at radius 2 is 2.10 bits per heavy atom. The van der Waals surface area contributed by atoms with Crippen molar-refractivity contribution >= 4 is 5.91 Å². The molecule has 0 unspecified atom stereocenters. The normalized spacial score (nSPS) is 11.3. The molecule has 1 aromatic carbocycles. The van der Waals surface area contributed by atoms with Gasteiger partial charge in [-0.2, -0.15) is 0 Å². The summed E-state index contributed by atoms with van der Waals surface area (Å²) in [5.74, 6) is -0.474. The number of rotatable bonds is 7. The molecule has 0 saturated carbocycles. The van der Waals surface area contributed by atoms with Crippen LogP contribution in [0.5, 0.6) is 5.75 Å². The minimum atomic E-state index is -0.564. The van der Waals surface area contributed by atoms with Crippen molar-refractivity contribution in [2.45, 2.75) is 27.2 Å². The molecule has 0 heterocycles. The number of nitrogens with zero attached hydrogens (tertiary/aromatic N) is 1. The summed E-state index contributed by atoms with van der Waals surface area (Å²) in [6, 6.07) is 4.29. The molecule has 0 aliphatic rings. The maximum Gasteiger partial charge on any atom is 0.256 e. The van der Waals surface area contributed by atoms with Crippen molar-refractivity contribution < 1.29 is 13.9 Å². The zero-order chi connectivity index (χ0) is 16.0. The molecule has 0 spiro atoms. The van der Waals surface area contributed by atoms with E-state index in [1.165, 1.54) is 19.2 Å². The third-order valence-corrected chi connectivity index (χ3v) is 3.36. The first-order chi connectivity index (χ1) is 9.84. The van der Waals surface area contributed by atoms with E-state index in [1.807, 2.05) is 20.8 Å². The Labute approximate surface area is 126 Å². The molecule has 0 atom stereocenters. The van der Waals surface area contributed by atoms with Crippen molar-refractivity contribution in [1.29, 1.82) is 0 Å². The third-order valence-electron chi connectivity index (χ3n) is 3.36. The molecule has 0 bridgehead atoms. The fraction of sp³-hybridized carbons (Fsp3) is 0.562. The van der Waals surface area contributed by atoms with Gasteiger partial charge in [-0.15, -0.1) is 0 Å². The highest BCUT2D eigenvalue weighted by Crippen LogP contribution is 2.21. The Morgan fingerprint density at radius 3 is 2.57 bits per heavy atom. The summed E-state index contributed by atoms with van der Waals surface area (Å²) in [7, 11) is 1.46. The summed E-state index contributed by atoms with van der Waals surface area (Å²) >= 11 is 0. The van der Waals surface area contributed by atoms with Gasteiger partial charge in [0.25, 0.3) is 5.91 Å². The van der Waals surface area contributed by atoms with Crippen LogP contribution in [0.25, 0.3) is 0 Å². The van der Waals surface area contributed by atoms with Crippen molar-refractivity contribution in [1.82, 2.24) is 4.90 Å². The van der Waals surface area contributed by atoms with Crippen LogP contribution in [0.4, 0.5) is 4.39 Å². The second-order valence-corrected chi connectivity index (χ2v) is 5.94. The van der Waals surface area contributed by atoms with Crippen molar-refractivity contribution in [3.05, 3.63) is 29.6 Å². The highest BCUT2D eigenvalue weighted by atomic mass is 19.1. The molecule has 0 aromatic heterocycles. The van der Waals surface area contributed by atoms with Gasteiger partial charge in [0.1, 0.15) is 11.6 Å². The highest BCUT2D eigenvalue weighted by Gasteiger charge is 2.25. The topological polar surface area (TPSA) is 55.6 Å². The van der Waals surface area contributed by atoms with E-state index in [0.29, 0.717) is 25.4 Å². The monoisotopic (exact) mass is 296 g/mol. The molecule has 1 aromatic rings. The molecular formula is C16H25FN2O2. The maximum absolute atomic E-state index is 14.1. The first-order valence-corrected chi connectivity index (χ1v) is 7.17. The maximum atomic E-state index is 14.1. The van der Waals surface area contributed by atoms with E-state index in [4.69, 9.17) is 10.5 Å². The van der Waals surface area contributed by atoms with Crippen LogP contribution >= 0.6 is 0 Å². The van der Waals surface area contributed by atoms with Crippen molar-refractivity contribution in [3.63, 3.8) is 0 Å². The Kier molecular flexibility index (Phi) is 6.15. The fourth-order valence-electron chi connectivity index (χ4n) is 2.07. The number of nitrogens with two attached hydrogens (primary N) is 1. The lowest BCUT2D eigenvalue weighted by Crippen LogP contribution is -2.42. The summed E-state index contributed by atoms with van der Waals surface area (Å²) < 4.78 is 19.0. The molecule has 0 aliphatic heterocycles. The summed E-state index contributed by atoms with van der Waals surface area (Å²) in [6.07, 6.45) is 0.810. The summed E-state index contributed by atoms with van der Waals surface area (Å²) in [5, 5.41) is 0. The van der Waals surface area contributed by atoms with Gasteiger partial charge in [0, 0.05) is 19.2 Å². The van der Waals surface area contributed by atoms with Crippen LogP contribution in [0.3, 0.4) is 0 Å². The van der Waals surface area contributed by atoms with Gasteiger partial charge in [0.2, 0.25) is 0 Å². The van der Waals surface area contributed by atoms with Crippen molar-refractivity contribution in [2.24, 2.45) is 11.1 Å². The summed E-state index contributed by atoms with van der Waals surface area (Å²) in [5.41, 5.74) is 5.59. The van der Waals surface area contributed by atoms with Gasteiger partial charge in [-0.25, -0.2) is 4.39 Å². The molecule has 118 valence electrons. The van der Waals surface area contributed by atoms with Crippen molar-refractivity contribution in [2.75, 3.05) is 26.7 Å². The molecule has 0 saturated heterocycles. The molecule has 0 radical (unpaired) electrons. The molecule has 5 heteroatoms. The van der Waals surface area contributed by atoms with Gasteiger partial charge in [-0.1, -0.05) is 20.8 Å². The van der Waals surface area contributed by atoms with Gasteiger partial charge >= 0.3 is 0 Å². The number of hydrogen-bond donors (Lipinski definition) is 1. The number of halogens is 1. The van der Waals surface area contributed by atoms with Crippen LogP contribution in [0.15, 0.2) is 18.2 Å². The molecule has 0 fully saturated rings. The number of benzene rings is 1. The molecule has 0 aliphatic carbocycles. The quantitative estimate of drug-likeness (QED) is 0.841. The lowest BCUT2D eigenvalue weighted by Gasteiger charge is -2.32. The lowest BCUT2D eigenvalue weighted by atomic mass is 9.92. The minimum Gasteiger partial charge on any atom is -0.497 e. The standard InChI is InChI=1S/C16H25FN2O2/c1-5-8-19(11-16(2,3)10-18)15(20)13-7-6-12(21-4)9-14(13)17/h6-7,9H,5,8,10-11,18H2,1-4H3. The van der Waals surface area contributed by atoms with Gasteiger partial charge in [-0.05, 0) is 30.5 Å². The zero-order valence-corrected chi connectivity index (χ0v) is 13.3. The molecule has 21 heavy (non-hydrogen) atoms. The molecule has 2 N–H and O–H groups in total. The van der Waals surface area contributed by atoms with Crippen LogP contribution in [-0.4, -0.2) is 37.6 Å². The molecule has 1 amide bonds. The minimum absolute atomic E-state index is 0.0667. The smallest absolute Gasteiger partial charge is 0.256 e. The van der Waals surface area contributed by atoms with E-state index in [9.17, 15) is 9.18 Å². The summed E-state index contributed by atoms with van der Waals surface area (Å²) in [4.78, 5) is 14.2. The summed E-state index contributed by atoms with van der Waals surface area (Å²) in [6.45, 7) is 7.52. The van der Waals surface area contributed by atoms with E-state index >= 15 is 0 Å². The predicted molar refractivity (Wildman–Crippen MR) is 82.0 cm³/mol. The van der Waals surface area contributed by atoms with E-state index in [0.717, 1.165) is 6.42 Å². The third kappa shape index (κ3) is 4.70. The molecule has 1 rings (SSSR count). The van der Waals surface area contributed by atoms with Crippen LogP contribution in [0, 0.1) is 11.2 Å². The Morgan fingerprint density at radius 1 is 1.43 bits per heavy atom. The Balaban J connectivity index is 3.00. The largest absolute Gasteiger partial charge is 0.497 e. The van der Waals surface area contributed by atoms with Crippen LogP contribution in [-0.2, 0) is 0 Å². The van der Waals surface area contributed by atoms with Gasteiger partial charge in [0.05, 0.1) is 12.7 Å². The Hall–Kier alpha value is -1.62. The van der Waals surface area contributed by atoms with Gasteiger partial charge in [-0.3, -0.25) is 4.79 Å². The zero-order valence-electron chi connectivity index (χ0n) is 13.3.